The molecule has 0 aromatic heterocycles. The predicted molar refractivity (Wildman–Crippen MR) is 74.1 cm³/mol. The largest absolute Gasteiger partial charge is 0.460 e. The van der Waals surface area contributed by atoms with Gasteiger partial charge in [0.25, 0.3) is 0 Å². The van der Waals surface area contributed by atoms with Crippen molar-refractivity contribution in [3.63, 3.8) is 0 Å². The molecule has 0 bridgehead atoms. The molecule has 1 heterocycles. The van der Waals surface area contributed by atoms with Gasteiger partial charge in [0.05, 0.1) is 12.0 Å². The minimum atomic E-state index is -0.468. The van der Waals surface area contributed by atoms with E-state index in [0.717, 1.165) is 5.56 Å². The number of carbonyl (C=O) groups excluding carboxylic acids is 1. The average molecular weight is 283 g/mol. The standard InChI is InChI=1S/C15H19ClO3/c1-15(2,3)19-14(17)12-8-9-18-13(12)10-4-6-11(16)7-5-10/h4-7,12-13H,8-9H2,1-3H3/t12-,13+/m1/s1. The van der Waals surface area contributed by atoms with Crippen LogP contribution in [0.2, 0.25) is 5.02 Å². The number of esters is 1. The Labute approximate surface area is 118 Å². The lowest BCUT2D eigenvalue weighted by Gasteiger charge is -2.24. The smallest absolute Gasteiger partial charge is 0.312 e. The third-order valence-electron chi connectivity index (χ3n) is 3.00. The molecule has 1 aliphatic rings. The van der Waals surface area contributed by atoms with Crippen LogP contribution in [0.15, 0.2) is 24.3 Å². The number of carbonyl (C=O) groups is 1. The highest BCUT2D eigenvalue weighted by atomic mass is 35.5. The normalized spacial score (nSPS) is 23.4. The molecular weight excluding hydrogens is 264 g/mol. The molecule has 0 radical (unpaired) electrons. The molecule has 1 aromatic carbocycles. The van der Waals surface area contributed by atoms with Gasteiger partial charge in [-0.05, 0) is 44.9 Å². The van der Waals surface area contributed by atoms with Gasteiger partial charge in [0.1, 0.15) is 5.60 Å². The molecule has 0 amide bonds. The van der Waals surface area contributed by atoms with E-state index in [1.165, 1.54) is 0 Å². The highest BCUT2D eigenvalue weighted by molar-refractivity contribution is 6.30. The Balaban J connectivity index is 2.12. The minimum absolute atomic E-state index is 0.190. The summed E-state index contributed by atoms with van der Waals surface area (Å²) >= 11 is 5.87. The van der Waals surface area contributed by atoms with Gasteiger partial charge in [0.15, 0.2) is 0 Å². The number of benzene rings is 1. The minimum Gasteiger partial charge on any atom is -0.460 e. The first-order chi connectivity index (χ1) is 8.87. The molecule has 0 spiro atoms. The average Bonchev–Trinajstić information content (AvgIpc) is 2.76. The zero-order chi connectivity index (χ0) is 14.0. The summed E-state index contributed by atoms with van der Waals surface area (Å²) < 4.78 is 11.1. The Hall–Kier alpha value is -1.06. The van der Waals surface area contributed by atoms with E-state index >= 15 is 0 Å². The van der Waals surface area contributed by atoms with Gasteiger partial charge in [0.2, 0.25) is 0 Å². The molecule has 0 unspecified atom stereocenters. The molecule has 2 atom stereocenters. The predicted octanol–water partition coefficient (Wildman–Crippen LogP) is 3.76. The molecule has 4 heteroatoms. The third kappa shape index (κ3) is 3.71. The molecular formula is C15H19ClO3. The Morgan fingerprint density at radius 1 is 1.32 bits per heavy atom. The second-order valence-electron chi connectivity index (χ2n) is 5.77. The second kappa shape index (κ2) is 5.51. The van der Waals surface area contributed by atoms with Gasteiger partial charge in [-0.2, -0.15) is 0 Å². The van der Waals surface area contributed by atoms with Crippen molar-refractivity contribution >= 4 is 17.6 Å². The Bertz CT molecular complexity index is 447. The van der Waals surface area contributed by atoms with Crippen LogP contribution in [0.1, 0.15) is 38.9 Å². The lowest BCUT2D eigenvalue weighted by Crippen LogP contribution is -2.30. The molecule has 0 aliphatic carbocycles. The zero-order valence-corrected chi connectivity index (χ0v) is 12.2. The fraction of sp³-hybridized carbons (Fsp3) is 0.533. The quantitative estimate of drug-likeness (QED) is 0.775. The number of rotatable bonds is 2. The van der Waals surface area contributed by atoms with Crippen LogP contribution >= 0.6 is 11.6 Å². The van der Waals surface area contributed by atoms with Crippen LogP contribution in [0.4, 0.5) is 0 Å². The van der Waals surface area contributed by atoms with Gasteiger partial charge in [-0.1, -0.05) is 23.7 Å². The van der Waals surface area contributed by atoms with Crippen LogP contribution < -0.4 is 0 Å². The summed E-state index contributed by atoms with van der Waals surface area (Å²) in [5.41, 5.74) is 0.502. The SMILES string of the molecule is CC(C)(C)OC(=O)[C@@H]1CCO[C@H]1c1ccc(Cl)cc1. The topological polar surface area (TPSA) is 35.5 Å². The van der Waals surface area contributed by atoms with Crippen LogP contribution in [0.3, 0.4) is 0 Å². The van der Waals surface area contributed by atoms with Crippen LogP contribution in [-0.4, -0.2) is 18.2 Å². The lowest BCUT2D eigenvalue weighted by molar-refractivity contribution is -0.162. The first-order valence-electron chi connectivity index (χ1n) is 6.47. The lowest BCUT2D eigenvalue weighted by atomic mass is 9.95. The Kier molecular flexibility index (Phi) is 4.16. The summed E-state index contributed by atoms with van der Waals surface area (Å²) in [6.45, 7) is 6.20. The van der Waals surface area contributed by atoms with E-state index < -0.39 is 5.60 Å². The third-order valence-corrected chi connectivity index (χ3v) is 3.25. The first-order valence-corrected chi connectivity index (χ1v) is 6.84. The molecule has 1 aliphatic heterocycles. The van der Waals surface area contributed by atoms with Crippen LogP contribution in [0.5, 0.6) is 0 Å². The van der Waals surface area contributed by atoms with Gasteiger partial charge < -0.3 is 9.47 Å². The van der Waals surface area contributed by atoms with E-state index in [2.05, 4.69) is 0 Å². The van der Waals surface area contributed by atoms with Gasteiger partial charge in [-0.15, -0.1) is 0 Å². The van der Waals surface area contributed by atoms with Crippen molar-refractivity contribution in [2.45, 2.75) is 38.9 Å². The molecule has 0 N–H and O–H groups in total. The summed E-state index contributed by atoms with van der Waals surface area (Å²) in [6.07, 6.45) is 0.467. The maximum atomic E-state index is 12.2. The maximum Gasteiger partial charge on any atom is 0.312 e. The number of hydrogen-bond acceptors (Lipinski definition) is 3. The molecule has 2 rings (SSSR count). The van der Waals surface area contributed by atoms with Crippen molar-refractivity contribution in [3.05, 3.63) is 34.9 Å². The van der Waals surface area contributed by atoms with E-state index in [1.54, 1.807) is 0 Å². The van der Waals surface area contributed by atoms with E-state index in [0.29, 0.717) is 18.1 Å². The van der Waals surface area contributed by atoms with E-state index in [9.17, 15) is 4.79 Å². The number of ether oxygens (including phenoxy) is 2. The summed E-state index contributed by atoms with van der Waals surface area (Å²) in [5, 5.41) is 0.676. The van der Waals surface area contributed by atoms with Crippen LogP contribution in [-0.2, 0) is 14.3 Å². The second-order valence-corrected chi connectivity index (χ2v) is 6.21. The first kappa shape index (κ1) is 14.4. The fourth-order valence-corrected chi connectivity index (χ4v) is 2.32. The summed E-state index contributed by atoms with van der Waals surface area (Å²) in [7, 11) is 0. The molecule has 0 saturated carbocycles. The van der Waals surface area contributed by atoms with Crippen molar-refractivity contribution < 1.29 is 14.3 Å². The molecule has 19 heavy (non-hydrogen) atoms. The summed E-state index contributed by atoms with van der Waals surface area (Å²) in [4.78, 5) is 12.2. The summed E-state index contributed by atoms with van der Waals surface area (Å²) in [6, 6.07) is 7.42. The van der Waals surface area contributed by atoms with E-state index in [1.807, 2.05) is 45.0 Å². The molecule has 104 valence electrons. The Morgan fingerprint density at radius 3 is 2.53 bits per heavy atom. The molecule has 1 fully saturated rings. The van der Waals surface area contributed by atoms with Crippen LogP contribution in [0.25, 0.3) is 0 Å². The summed E-state index contributed by atoms with van der Waals surface area (Å²) in [5.74, 6) is -0.426. The zero-order valence-electron chi connectivity index (χ0n) is 11.5. The van der Waals surface area contributed by atoms with Gasteiger partial charge in [-0.3, -0.25) is 4.79 Å². The highest BCUT2D eigenvalue weighted by Crippen LogP contribution is 2.36. The highest BCUT2D eigenvalue weighted by Gasteiger charge is 2.37. The van der Waals surface area contributed by atoms with Crippen molar-refractivity contribution in [1.29, 1.82) is 0 Å². The fourth-order valence-electron chi connectivity index (χ4n) is 2.19. The van der Waals surface area contributed by atoms with Gasteiger partial charge in [0, 0.05) is 11.6 Å². The van der Waals surface area contributed by atoms with E-state index in [-0.39, 0.29) is 18.0 Å². The van der Waals surface area contributed by atoms with E-state index in [4.69, 9.17) is 21.1 Å². The van der Waals surface area contributed by atoms with Crippen molar-refractivity contribution in [1.82, 2.24) is 0 Å². The van der Waals surface area contributed by atoms with Crippen molar-refractivity contribution in [3.8, 4) is 0 Å². The Morgan fingerprint density at radius 2 is 1.95 bits per heavy atom. The number of hydrogen-bond donors (Lipinski definition) is 0. The monoisotopic (exact) mass is 282 g/mol. The van der Waals surface area contributed by atoms with Gasteiger partial charge in [-0.25, -0.2) is 0 Å². The number of halogens is 1. The molecule has 3 nitrogen and oxygen atoms in total. The van der Waals surface area contributed by atoms with Crippen molar-refractivity contribution in [2.75, 3.05) is 6.61 Å². The van der Waals surface area contributed by atoms with Gasteiger partial charge >= 0.3 is 5.97 Å². The maximum absolute atomic E-state index is 12.2. The van der Waals surface area contributed by atoms with Crippen LogP contribution in [0, 0.1) is 5.92 Å². The molecule has 1 saturated heterocycles. The van der Waals surface area contributed by atoms with Crippen molar-refractivity contribution in [2.24, 2.45) is 5.92 Å². The molecule has 1 aromatic rings.